The van der Waals surface area contributed by atoms with E-state index in [9.17, 15) is 0 Å². The van der Waals surface area contributed by atoms with Gasteiger partial charge in [-0.05, 0) is 0 Å². The van der Waals surface area contributed by atoms with Crippen molar-refractivity contribution < 1.29 is 0 Å². The van der Waals surface area contributed by atoms with Crippen LogP contribution in [-0.2, 0) is 0 Å². The van der Waals surface area contributed by atoms with Gasteiger partial charge >= 0.3 is 221 Å². The van der Waals surface area contributed by atoms with Gasteiger partial charge in [-0.15, -0.1) is 0 Å². The molecule has 0 N–H and O–H groups in total. The Morgan fingerprint density at radius 2 is 1.06 bits per heavy atom. The molecule has 4 heteroatoms. The van der Waals surface area contributed by atoms with Crippen LogP contribution in [0.1, 0.15) is 19.3 Å². The van der Waals surface area contributed by atoms with Gasteiger partial charge in [0, 0.05) is 0 Å². The van der Waals surface area contributed by atoms with Crippen molar-refractivity contribution in [2.45, 2.75) is 24.6 Å². The summed E-state index contributed by atoms with van der Waals surface area (Å²) >= 11 is -2.72. The zero-order valence-electron chi connectivity index (χ0n) is 20.7. The van der Waals surface area contributed by atoms with E-state index in [1.54, 1.807) is 0 Å². The van der Waals surface area contributed by atoms with Crippen LogP contribution in [0.4, 0.5) is 0 Å². The van der Waals surface area contributed by atoms with Crippen LogP contribution in [-0.4, -0.2) is 51.9 Å². The zero-order chi connectivity index (χ0) is 24.3. The summed E-state index contributed by atoms with van der Waals surface area (Å²) in [7, 11) is 4.12. The Bertz CT molecular complexity index is 1080. The molecule has 0 heterocycles. The van der Waals surface area contributed by atoms with Gasteiger partial charge in [-0.1, -0.05) is 0 Å². The normalized spacial score (nSPS) is 11.9. The van der Waals surface area contributed by atoms with Crippen LogP contribution in [0.3, 0.4) is 0 Å². The van der Waals surface area contributed by atoms with Crippen LogP contribution < -0.4 is 17.6 Å². The van der Waals surface area contributed by atoms with Gasteiger partial charge in [0.15, 0.2) is 0 Å². The molecule has 0 atom stereocenters. The van der Waals surface area contributed by atoms with Crippen molar-refractivity contribution in [2.75, 3.05) is 14.1 Å². The molecule has 0 aliphatic rings. The van der Waals surface area contributed by atoms with Crippen LogP contribution in [0.5, 0.6) is 0 Å². The summed E-state index contributed by atoms with van der Waals surface area (Å²) in [5.74, 6) is 0. The molecule has 4 aromatic carbocycles. The molecule has 0 saturated carbocycles. The van der Waals surface area contributed by atoms with Crippen molar-refractivity contribution in [3.05, 3.63) is 121 Å². The Kier molecular flexibility index (Phi) is 9.42. The molecule has 0 unspecified atom stereocenters. The number of hydrogen-bond acceptors (Lipinski definition) is 2. The molecular formula is C31H34GeN2Se. The Hall–Kier alpha value is -2.59. The van der Waals surface area contributed by atoms with Crippen LogP contribution in [0.15, 0.2) is 126 Å². The molecule has 0 fully saturated rings. The van der Waals surface area contributed by atoms with Gasteiger partial charge in [-0.2, -0.15) is 0 Å². The van der Waals surface area contributed by atoms with Gasteiger partial charge in [-0.25, -0.2) is 0 Å². The fraction of sp³-hybridized carbons (Fsp3) is 0.194. The molecule has 0 amide bonds. The van der Waals surface area contributed by atoms with Crippen molar-refractivity contribution in [1.82, 2.24) is 5.01 Å². The van der Waals surface area contributed by atoms with Gasteiger partial charge in [0.25, 0.3) is 0 Å². The molecule has 0 aromatic heterocycles. The first-order valence-corrected chi connectivity index (χ1v) is 18.6. The van der Waals surface area contributed by atoms with Crippen LogP contribution in [0.25, 0.3) is 0 Å². The van der Waals surface area contributed by atoms with Gasteiger partial charge < -0.3 is 0 Å². The van der Waals surface area contributed by atoms with E-state index < -0.39 is 13.3 Å². The summed E-state index contributed by atoms with van der Waals surface area (Å²) in [4.78, 5) is 0. The summed E-state index contributed by atoms with van der Waals surface area (Å²) in [5.41, 5.74) is 0. The monoisotopic (exact) mass is 588 g/mol. The Morgan fingerprint density at radius 3 is 1.49 bits per heavy atom. The number of nitrogens with zero attached hydrogens (tertiary/aromatic N) is 2. The number of benzene rings is 4. The number of hydrogen-bond donors (Lipinski definition) is 0. The van der Waals surface area contributed by atoms with Gasteiger partial charge in [0.1, 0.15) is 0 Å². The first-order valence-electron chi connectivity index (χ1n) is 12.3. The molecule has 0 aliphatic heterocycles. The fourth-order valence-corrected chi connectivity index (χ4v) is 17.1. The SMILES string of the molecule is CN(C)/N=[C](/CCCC[Se]c1ccccc1)[Ge]([c]1ccccc1)([c]1ccccc1)[c]1ccccc1. The van der Waals surface area contributed by atoms with E-state index in [0.717, 1.165) is 6.42 Å². The predicted octanol–water partition coefficient (Wildman–Crippen LogP) is 4.23. The maximum atomic E-state index is 5.27. The summed E-state index contributed by atoms with van der Waals surface area (Å²) in [6.45, 7) is 0. The number of hydrazone groups is 1. The van der Waals surface area contributed by atoms with Crippen molar-refractivity contribution >= 4 is 50.4 Å². The second-order valence-corrected chi connectivity index (χ2v) is 19.3. The minimum absolute atomic E-state index is 0.539. The second kappa shape index (κ2) is 12.9. The van der Waals surface area contributed by atoms with Crippen molar-refractivity contribution in [2.24, 2.45) is 5.10 Å². The van der Waals surface area contributed by atoms with E-state index in [1.807, 2.05) is 5.01 Å². The maximum absolute atomic E-state index is 5.27. The number of unbranched alkanes of at least 4 members (excludes halogenated alkanes) is 1. The van der Waals surface area contributed by atoms with E-state index in [4.69, 9.17) is 5.10 Å². The Morgan fingerprint density at radius 1 is 0.629 bits per heavy atom. The molecule has 178 valence electrons. The third-order valence-electron chi connectivity index (χ3n) is 6.19. The van der Waals surface area contributed by atoms with E-state index in [1.165, 1.54) is 40.4 Å². The number of rotatable bonds is 11. The van der Waals surface area contributed by atoms with Crippen LogP contribution >= 0.6 is 0 Å². The summed E-state index contributed by atoms with van der Waals surface area (Å²) in [6, 6.07) is 44.5. The van der Waals surface area contributed by atoms with Crippen molar-refractivity contribution in [3.8, 4) is 0 Å². The van der Waals surface area contributed by atoms with Gasteiger partial charge in [0.05, 0.1) is 0 Å². The third kappa shape index (κ3) is 6.35. The van der Waals surface area contributed by atoms with Crippen LogP contribution in [0, 0.1) is 0 Å². The topological polar surface area (TPSA) is 15.6 Å². The Labute approximate surface area is 219 Å². The fourth-order valence-electron chi connectivity index (χ4n) is 4.72. The van der Waals surface area contributed by atoms with Gasteiger partial charge in [0.2, 0.25) is 0 Å². The van der Waals surface area contributed by atoms with E-state index >= 15 is 0 Å². The molecule has 4 aromatic rings. The molecule has 0 spiro atoms. The summed E-state index contributed by atoms with van der Waals surface area (Å²) in [6.07, 6.45) is 3.43. The molecule has 0 bridgehead atoms. The Balaban J connectivity index is 1.73. The van der Waals surface area contributed by atoms with Crippen LogP contribution in [0.2, 0.25) is 5.32 Å². The van der Waals surface area contributed by atoms with E-state index in [2.05, 4.69) is 135 Å². The quantitative estimate of drug-likeness (QED) is 0.111. The molecular weight excluding hydrogens is 552 g/mol. The molecule has 0 radical (unpaired) electrons. The first-order chi connectivity index (χ1) is 17.2. The summed E-state index contributed by atoms with van der Waals surface area (Å²) < 4.78 is 7.20. The molecule has 35 heavy (non-hydrogen) atoms. The predicted molar refractivity (Wildman–Crippen MR) is 156 cm³/mol. The average molecular weight is 586 g/mol. The third-order valence-corrected chi connectivity index (χ3v) is 18.6. The zero-order valence-corrected chi connectivity index (χ0v) is 24.5. The van der Waals surface area contributed by atoms with Gasteiger partial charge in [-0.3, -0.25) is 0 Å². The van der Waals surface area contributed by atoms with Crippen molar-refractivity contribution in [1.29, 1.82) is 0 Å². The van der Waals surface area contributed by atoms with Crippen molar-refractivity contribution in [3.63, 3.8) is 0 Å². The second-order valence-electron chi connectivity index (χ2n) is 8.86. The molecule has 0 saturated heterocycles. The molecule has 0 aliphatic carbocycles. The van der Waals surface area contributed by atoms with E-state index in [0.29, 0.717) is 15.0 Å². The average Bonchev–Trinajstić information content (AvgIpc) is 2.91. The minimum atomic E-state index is -3.26. The van der Waals surface area contributed by atoms with E-state index in [-0.39, 0.29) is 0 Å². The molecule has 2 nitrogen and oxygen atoms in total. The summed E-state index contributed by atoms with van der Waals surface area (Å²) in [5, 5.41) is 8.56. The molecule has 4 rings (SSSR count). The standard InChI is InChI=1S/C31H34GeN2Se/c1-34(2)33-31(25-15-16-26-35-30-23-13-6-14-24-30)32(27-17-7-3-8-18-27,28-19-9-4-10-20-28)29-21-11-5-12-22-29/h3-14,17-24H,15-16,25-26H2,1-2H3/b33-31-. The first kappa shape index (κ1) is 25.5.